The minimum absolute atomic E-state index is 0.124. The molecule has 4 nitrogen and oxygen atoms in total. The zero-order valence-electron chi connectivity index (χ0n) is 9.69. The van der Waals surface area contributed by atoms with E-state index in [1.54, 1.807) is 12.1 Å². The molecule has 17 heavy (non-hydrogen) atoms. The van der Waals surface area contributed by atoms with Crippen LogP contribution in [0.25, 0.3) is 0 Å². The molecular weight excluding hydrogens is 216 g/mol. The Kier molecular flexibility index (Phi) is 3.40. The van der Waals surface area contributed by atoms with Crippen LogP contribution in [0.4, 0.5) is 5.69 Å². The second-order valence-electron chi connectivity index (χ2n) is 4.13. The van der Waals surface area contributed by atoms with Gasteiger partial charge in [-0.25, -0.2) is 0 Å². The summed E-state index contributed by atoms with van der Waals surface area (Å²) in [6.45, 7) is 2.54. The van der Waals surface area contributed by atoms with Gasteiger partial charge >= 0.3 is 0 Å². The molecular formula is C13H14N2O2. The molecule has 0 saturated carbocycles. The number of ether oxygens (including phenoxy) is 1. The molecule has 1 saturated heterocycles. The molecule has 1 unspecified atom stereocenters. The van der Waals surface area contributed by atoms with Crippen LogP contribution in [0, 0.1) is 18.3 Å². The average molecular weight is 230 g/mol. The van der Waals surface area contributed by atoms with Crippen LogP contribution in [0.15, 0.2) is 18.2 Å². The molecule has 0 bridgehead atoms. The summed E-state index contributed by atoms with van der Waals surface area (Å²) in [7, 11) is 0. The summed E-state index contributed by atoms with van der Waals surface area (Å²) in [6, 6.07) is 7.29. The van der Waals surface area contributed by atoms with Gasteiger partial charge in [0, 0.05) is 12.3 Å². The number of nitriles is 1. The monoisotopic (exact) mass is 230 g/mol. The minimum Gasteiger partial charge on any atom is -0.368 e. The minimum atomic E-state index is -0.347. The number of carbonyl (C=O) groups excluding carboxylic acids is 1. The summed E-state index contributed by atoms with van der Waals surface area (Å²) in [5.41, 5.74) is 2.16. The van der Waals surface area contributed by atoms with Gasteiger partial charge in [-0.15, -0.1) is 0 Å². The molecule has 1 atom stereocenters. The topological polar surface area (TPSA) is 62.1 Å². The lowest BCUT2D eigenvalue weighted by Crippen LogP contribution is -2.27. The number of amides is 1. The van der Waals surface area contributed by atoms with Crippen LogP contribution < -0.4 is 5.32 Å². The van der Waals surface area contributed by atoms with E-state index < -0.39 is 0 Å². The van der Waals surface area contributed by atoms with Crippen LogP contribution in [0.3, 0.4) is 0 Å². The molecule has 1 aliphatic heterocycles. The summed E-state index contributed by atoms with van der Waals surface area (Å²) in [5.74, 6) is -0.124. The van der Waals surface area contributed by atoms with Crippen LogP contribution >= 0.6 is 0 Å². The largest absolute Gasteiger partial charge is 0.368 e. The number of rotatable bonds is 2. The van der Waals surface area contributed by atoms with Crippen molar-refractivity contribution >= 4 is 11.6 Å². The standard InChI is InChI=1S/C13H14N2O2/c1-9-4-5-10(8-14)7-11(9)15-13(16)12-3-2-6-17-12/h4-5,7,12H,2-3,6H2,1H3,(H,15,16). The van der Waals surface area contributed by atoms with Gasteiger partial charge < -0.3 is 10.1 Å². The Morgan fingerprint density at radius 2 is 2.41 bits per heavy atom. The molecule has 0 aliphatic carbocycles. The Bertz CT molecular complexity index is 471. The molecule has 2 rings (SSSR count). The lowest BCUT2D eigenvalue weighted by Gasteiger charge is -2.12. The maximum Gasteiger partial charge on any atom is 0.253 e. The molecule has 1 heterocycles. The van der Waals surface area contributed by atoms with E-state index >= 15 is 0 Å². The first-order valence-corrected chi connectivity index (χ1v) is 5.64. The summed E-state index contributed by atoms with van der Waals surface area (Å²) in [5, 5.41) is 11.6. The highest BCUT2D eigenvalue weighted by atomic mass is 16.5. The van der Waals surface area contributed by atoms with Gasteiger partial charge in [0.25, 0.3) is 5.91 Å². The van der Waals surface area contributed by atoms with E-state index in [1.165, 1.54) is 0 Å². The lowest BCUT2D eigenvalue weighted by atomic mass is 10.1. The van der Waals surface area contributed by atoms with E-state index in [-0.39, 0.29) is 12.0 Å². The normalized spacial score (nSPS) is 18.7. The van der Waals surface area contributed by atoms with Gasteiger partial charge in [-0.1, -0.05) is 6.07 Å². The van der Waals surface area contributed by atoms with Gasteiger partial charge in [0.05, 0.1) is 11.6 Å². The molecule has 88 valence electrons. The van der Waals surface area contributed by atoms with Gasteiger partial charge in [0.2, 0.25) is 0 Å². The van der Waals surface area contributed by atoms with Gasteiger partial charge in [0.15, 0.2) is 0 Å². The van der Waals surface area contributed by atoms with Crippen molar-refractivity contribution in [1.82, 2.24) is 0 Å². The van der Waals surface area contributed by atoms with Crippen molar-refractivity contribution in [2.75, 3.05) is 11.9 Å². The van der Waals surface area contributed by atoms with Crippen molar-refractivity contribution in [2.45, 2.75) is 25.9 Å². The third-order valence-electron chi connectivity index (χ3n) is 2.85. The third-order valence-corrected chi connectivity index (χ3v) is 2.85. The quantitative estimate of drug-likeness (QED) is 0.845. The molecule has 1 N–H and O–H groups in total. The number of hydrogen-bond donors (Lipinski definition) is 1. The van der Waals surface area contributed by atoms with Crippen LogP contribution in [-0.2, 0) is 9.53 Å². The molecule has 1 aromatic rings. The first-order chi connectivity index (χ1) is 8.20. The lowest BCUT2D eigenvalue weighted by molar-refractivity contribution is -0.124. The fraction of sp³-hybridized carbons (Fsp3) is 0.385. The van der Waals surface area contributed by atoms with Gasteiger partial charge in [-0.3, -0.25) is 4.79 Å². The Morgan fingerprint density at radius 1 is 1.59 bits per heavy atom. The fourth-order valence-electron chi connectivity index (χ4n) is 1.82. The second kappa shape index (κ2) is 4.98. The summed E-state index contributed by atoms with van der Waals surface area (Å²) in [4.78, 5) is 11.8. The van der Waals surface area contributed by atoms with Gasteiger partial charge in [-0.2, -0.15) is 5.26 Å². The Balaban J connectivity index is 2.12. The van der Waals surface area contributed by atoms with Crippen LogP contribution in [0.1, 0.15) is 24.0 Å². The number of aryl methyl sites for hydroxylation is 1. The van der Waals surface area contributed by atoms with E-state index in [4.69, 9.17) is 10.00 Å². The molecule has 1 amide bonds. The summed E-state index contributed by atoms with van der Waals surface area (Å²) in [6.07, 6.45) is 1.35. The van der Waals surface area contributed by atoms with Crippen molar-refractivity contribution in [1.29, 1.82) is 5.26 Å². The molecule has 0 aromatic heterocycles. The number of nitrogens with zero attached hydrogens (tertiary/aromatic N) is 1. The van der Waals surface area contributed by atoms with Crippen molar-refractivity contribution in [3.8, 4) is 6.07 Å². The van der Waals surface area contributed by atoms with E-state index in [9.17, 15) is 4.79 Å². The second-order valence-corrected chi connectivity index (χ2v) is 4.13. The predicted octanol–water partition coefficient (Wildman–Crippen LogP) is 1.98. The van der Waals surface area contributed by atoms with E-state index in [0.29, 0.717) is 17.9 Å². The summed E-state index contributed by atoms with van der Waals surface area (Å²) >= 11 is 0. The van der Waals surface area contributed by atoms with Crippen LogP contribution in [-0.4, -0.2) is 18.6 Å². The van der Waals surface area contributed by atoms with Crippen LogP contribution in [0.5, 0.6) is 0 Å². The average Bonchev–Trinajstić information content (AvgIpc) is 2.85. The van der Waals surface area contributed by atoms with Crippen molar-refractivity contribution in [2.24, 2.45) is 0 Å². The highest BCUT2D eigenvalue weighted by Gasteiger charge is 2.23. The van der Waals surface area contributed by atoms with Crippen molar-refractivity contribution in [3.63, 3.8) is 0 Å². The molecule has 0 spiro atoms. The zero-order valence-corrected chi connectivity index (χ0v) is 9.69. The van der Waals surface area contributed by atoms with E-state index in [0.717, 1.165) is 18.4 Å². The van der Waals surface area contributed by atoms with E-state index in [1.807, 2.05) is 13.0 Å². The Morgan fingerprint density at radius 3 is 3.06 bits per heavy atom. The van der Waals surface area contributed by atoms with Crippen LogP contribution in [0.2, 0.25) is 0 Å². The zero-order chi connectivity index (χ0) is 12.3. The molecule has 0 radical (unpaired) electrons. The Hall–Kier alpha value is -1.86. The fourth-order valence-corrected chi connectivity index (χ4v) is 1.82. The number of carbonyl (C=O) groups is 1. The van der Waals surface area contributed by atoms with Gasteiger partial charge in [0.1, 0.15) is 6.10 Å². The molecule has 1 aromatic carbocycles. The SMILES string of the molecule is Cc1ccc(C#N)cc1NC(=O)C1CCCO1. The maximum absolute atomic E-state index is 11.8. The third kappa shape index (κ3) is 2.63. The maximum atomic E-state index is 11.8. The van der Waals surface area contributed by atoms with Crippen molar-refractivity contribution in [3.05, 3.63) is 29.3 Å². The first kappa shape index (κ1) is 11.6. The number of nitrogens with one attached hydrogen (secondary N) is 1. The van der Waals surface area contributed by atoms with Crippen molar-refractivity contribution < 1.29 is 9.53 Å². The number of anilines is 1. The molecule has 1 fully saturated rings. The number of hydrogen-bond acceptors (Lipinski definition) is 3. The summed E-state index contributed by atoms with van der Waals surface area (Å²) < 4.78 is 5.31. The highest BCUT2D eigenvalue weighted by molar-refractivity contribution is 5.95. The highest BCUT2D eigenvalue weighted by Crippen LogP contribution is 2.19. The number of benzene rings is 1. The Labute approximate surface area is 100 Å². The van der Waals surface area contributed by atoms with Gasteiger partial charge in [-0.05, 0) is 37.5 Å². The smallest absolute Gasteiger partial charge is 0.253 e. The molecule has 4 heteroatoms. The predicted molar refractivity (Wildman–Crippen MR) is 63.5 cm³/mol. The molecule has 1 aliphatic rings. The van der Waals surface area contributed by atoms with E-state index in [2.05, 4.69) is 11.4 Å². The first-order valence-electron chi connectivity index (χ1n) is 5.64.